The number of anilines is 1. The molecule has 1 aliphatic heterocycles. The zero-order chi connectivity index (χ0) is 10.8. The highest BCUT2D eigenvalue weighted by atomic mass is 16.5. The van der Waals surface area contributed by atoms with Gasteiger partial charge in [-0.2, -0.15) is 0 Å². The molecule has 1 fully saturated rings. The highest BCUT2D eigenvalue weighted by molar-refractivity contribution is 5.96. The first-order valence-corrected chi connectivity index (χ1v) is 4.90. The normalized spacial score (nSPS) is 20.8. The van der Waals surface area contributed by atoms with Crippen LogP contribution < -0.4 is 15.4 Å². The van der Waals surface area contributed by atoms with Crippen LogP contribution in [0, 0.1) is 0 Å². The Kier molecular flexibility index (Phi) is 2.60. The minimum absolute atomic E-state index is 0.0420. The van der Waals surface area contributed by atoms with E-state index in [1.807, 2.05) is 24.3 Å². The molecule has 1 atom stereocenters. The van der Waals surface area contributed by atoms with Crippen molar-refractivity contribution < 1.29 is 9.53 Å². The van der Waals surface area contributed by atoms with Crippen molar-refractivity contribution in [3.05, 3.63) is 24.3 Å². The SMILES string of the molecule is COc1ccc(N2CC(N)CC2=O)cc1. The van der Waals surface area contributed by atoms with Gasteiger partial charge >= 0.3 is 0 Å². The van der Waals surface area contributed by atoms with Crippen molar-refractivity contribution in [1.29, 1.82) is 0 Å². The molecule has 80 valence electrons. The number of nitrogens with two attached hydrogens (primary N) is 1. The van der Waals surface area contributed by atoms with Crippen LogP contribution in [0.1, 0.15) is 6.42 Å². The van der Waals surface area contributed by atoms with Crippen LogP contribution in [0.5, 0.6) is 5.75 Å². The molecule has 15 heavy (non-hydrogen) atoms. The molecule has 1 unspecified atom stereocenters. The number of methoxy groups -OCH3 is 1. The Labute approximate surface area is 88.6 Å². The maximum atomic E-state index is 11.6. The molecular weight excluding hydrogens is 192 g/mol. The molecule has 2 rings (SSSR count). The minimum atomic E-state index is -0.0420. The van der Waals surface area contributed by atoms with Crippen LogP contribution in [0.2, 0.25) is 0 Å². The van der Waals surface area contributed by atoms with Gasteiger partial charge in [0, 0.05) is 24.7 Å². The lowest BCUT2D eigenvalue weighted by atomic mass is 10.3. The molecule has 0 aromatic heterocycles. The summed E-state index contributed by atoms with van der Waals surface area (Å²) in [7, 11) is 1.62. The van der Waals surface area contributed by atoms with Crippen LogP contribution in [-0.2, 0) is 4.79 Å². The first-order chi connectivity index (χ1) is 7.20. The van der Waals surface area contributed by atoms with Crippen LogP contribution in [-0.4, -0.2) is 25.6 Å². The summed E-state index contributed by atoms with van der Waals surface area (Å²) in [5.74, 6) is 0.877. The van der Waals surface area contributed by atoms with Gasteiger partial charge in [0.05, 0.1) is 7.11 Å². The number of rotatable bonds is 2. The van der Waals surface area contributed by atoms with Crippen molar-refractivity contribution in [3.63, 3.8) is 0 Å². The second-order valence-corrected chi connectivity index (χ2v) is 3.67. The minimum Gasteiger partial charge on any atom is -0.497 e. The van der Waals surface area contributed by atoms with Crippen LogP contribution in [0.3, 0.4) is 0 Å². The molecule has 1 amide bonds. The van der Waals surface area contributed by atoms with E-state index in [1.165, 1.54) is 0 Å². The van der Waals surface area contributed by atoms with E-state index < -0.39 is 0 Å². The summed E-state index contributed by atoms with van der Waals surface area (Å²) in [5, 5.41) is 0. The first kappa shape index (κ1) is 9.98. The van der Waals surface area contributed by atoms with Gasteiger partial charge in [0.15, 0.2) is 0 Å². The number of hydrogen-bond acceptors (Lipinski definition) is 3. The van der Waals surface area contributed by atoms with Crippen molar-refractivity contribution in [3.8, 4) is 5.75 Å². The third-order valence-electron chi connectivity index (χ3n) is 2.54. The highest BCUT2D eigenvalue weighted by Gasteiger charge is 2.27. The molecule has 1 aromatic carbocycles. The predicted molar refractivity (Wildman–Crippen MR) is 57.9 cm³/mol. The average molecular weight is 206 g/mol. The molecule has 0 bridgehead atoms. The molecule has 4 heteroatoms. The van der Waals surface area contributed by atoms with E-state index >= 15 is 0 Å². The second-order valence-electron chi connectivity index (χ2n) is 3.67. The number of carbonyl (C=O) groups is 1. The molecule has 0 radical (unpaired) electrons. The van der Waals surface area contributed by atoms with E-state index in [0.717, 1.165) is 11.4 Å². The van der Waals surface area contributed by atoms with E-state index in [2.05, 4.69) is 0 Å². The topological polar surface area (TPSA) is 55.6 Å². The van der Waals surface area contributed by atoms with Crippen LogP contribution >= 0.6 is 0 Å². The van der Waals surface area contributed by atoms with Gasteiger partial charge in [-0.05, 0) is 24.3 Å². The summed E-state index contributed by atoms with van der Waals surface area (Å²) in [5.41, 5.74) is 6.60. The Balaban J connectivity index is 2.19. The van der Waals surface area contributed by atoms with E-state index in [0.29, 0.717) is 13.0 Å². The lowest BCUT2D eigenvalue weighted by Crippen LogP contribution is -2.27. The van der Waals surface area contributed by atoms with Gasteiger partial charge in [-0.25, -0.2) is 0 Å². The molecule has 1 saturated heterocycles. The monoisotopic (exact) mass is 206 g/mol. The lowest BCUT2D eigenvalue weighted by Gasteiger charge is -2.16. The van der Waals surface area contributed by atoms with Crippen LogP contribution in [0.15, 0.2) is 24.3 Å². The maximum absolute atomic E-state index is 11.6. The Morgan fingerprint density at radius 1 is 1.40 bits per heavy atom. The predicted octanol–water partition coefficient (Wildman–Crippen LogP) is 0.759. The summed E-state index contributed by atoms with van der Waals surface area (Å²) in [6, 6.07) is 7.38. The smallest absolute Gasteiger partial charge is 0.228 e. The summed E-state index contributed by atoms with van der Waals surface area (Å²) >= 11 is 0. The van der Waals surface area contributed by atoms with Crippen molar-refractivity contribution in [2.75, 3.05) is 18.6 Å². The number of benzene rings is 1. The molecule has 1 aliphatic rings. The summed E-state index contributed by atoms with van der Waals surface area (Å²) in [6.45, 7) is 0.602. The number of hydrogen-bond donors (Lipinski definition) is 1. The standard InChI is InChI=1S/C11H14N2O2/c1-15-10-4-2-9(3-5-10)13-7-8(12)6-11(13)14/h2-5,8H,6-7,12H2,1H3. The van der Waals surface area contributed by atoms with Crippen molar-refractivity contribution in [1.82, 2.24) is 0 Å². The van der Waals surface area contributed by atoms with Gasteiger partial charge in [-0.15, -0.1) is 0 Å². The van der Waals surface area contributed by atoms with E-state index in [9.17, 15) is 4.79 Å². The summed E-state index contributed by atoms with van der Waals surface area (Å²) in [6.07, 6.45) is 0.437. The largest absolute Gasteiger partial charge is 0.497 e. The Morgan fingerprint density at radius 3 is 2.53 bits per heavy atom. The summed E-state index contributed by atoms with van der Waals surface area (Å²) < 4.78 is 5.05. The quantitative estimate of drug-likeness (QED) is 0.777. The van der Waals surface area contributed by atoms with Crippen LogP contribution in [0.25, 0.3) is 0 Å². The van der Waals surface area contributed by atoms with Gasteiger partial charge < -0.3 is 15.4 Å². The molecule has 0 spiro atoms. The van der Waals surface area contributed by atoms with Crippen molar-refractivity contribution in [2.45, 2.75) is 12.5 Å². The third-order valence-corrected chi connectivity index (χ3v) is 2.54. The third kappa shape index (κ3) is 1.94. The highest BCUT2D eigenvalue weighted by Crippen LogP contribution is 2.23. The van der Waals surface area contributed by atoms with Gasteiger partial charge in [-0.1, -0.05) is 0 Å². The van der Waals surface area contributed by atoms with Crippen molar-refractivity contribution in [2.24, 2.45) is 5.73 Å². The molecule has 4 nitrogen and oxygen atoms in total. The summed E-state index contributed by atoms with van der Waals surface area (Å²) in [4.78, 5) is 13.3. The maximum Gasteiger partial charge on any atom is 0.228 e. The molecular formula is C11H14N2O2. The zero-order valence-corrected chi connectivity index (χ0v) is 8.64. The van der Waals surface area contributed by atoms with Gasteiger partial charge in [0.2, 0.25) is 5.91 Å². The molecule has 1 aromatic rings. The molecule has 2 N–H and O–H groups in total. The van der Waals surface area contributed by atoms with E-state index in [1.54, 1.807) is 12.0 Å². The van der Waals surface area contributed by atoms with Gasteiger partial charge in [0.1, 0.15) is 5.75 Å². The fraction of sp³-hybridized carbons (Fsp3) is 0.364. The molecule has 1 heterocycles. The second kappa shape index (κ2) is 3.90. The van der Waals surface area contributed by atoms with Crippen molar-refractivity contribution >= 4 is 11.6 Å². The lowest BCUT2D eigenvalue weighted by molar-refractivity contribution is -0.117. The number of carbonyl (C=O) groups excluding carboxylic acids is 1. The first-order valence-electron chi connectivity index (χ1n) is 4.90. The van der Waals surface area contributed by atoms with Crippen LogP contribution in [0.4, 0.5) is 5.69 Å². The van der Waals surface area contributed by atoms with Gasteiger partial charge in [0.25, 0.3) is 0 Å². The number of nitrogens with zero attached hydrogens (tertiary/aromatic N) is 1. The zero-order valence-electron chi connectivity index (χ0n) is 8.64. The van der Waals surface area contributed by atoms with Gasteiger partial charge in [-0.3, -0.25) is 4.79 Å². The Bertz CT molecular complexity index is 361. The number of amides is 1. The van der Waals surface area contributed by atoms with E-state index in [-0.39, 0.29) is 11.9 Å². The Morgan fingerprint density at radius 2 is 2.07 bits per heavy atom. The molecule has 0 aliphatic carbocycles. The molecule has 0 saturated carbocycles. The van der Waals surface area contributed by atoms with E-state index in [4.69, 9.17) is 10.5 Å². The average Bonchev–Trinajstić information content (AvgIpc) is 2.58. The Hall–Kier alpha value is -1.55. The fourth-order valence-electron chi connectivity index (χ4n) is 1.75. The fourth-order valence-corrected chi connectivity index (χ4v) is 1.75. The number of ether oxygens (including phenoxy) is 1.